The maximum Gasteiger partial charge on any atom is 0.287 e. The molecule has 6 nitrogen and oxygen atoms in total. The lowest BCUT2D eigenvalue weighted by Gasteiger charge is -2.09. The molecule has 0 atom stereocenters. The first kappa shape index (κ1) is 19.7. The maximum absolute atomic E-state index is 12.7. The number of hydrogen-bond acceptors (Lipinski definition) is 5. The van der Waals surface area contributed by atoms with Gasteiger partial charge in [0.25, 0.3) is 5.56 Å². The minimum absolute atomic E-state index is 0.101. The van der Waals surface area contributed by atoms with E-state index < -0.39 is 0 Å². The molecule has 7 heteroatoms. The van der Waals surface area contributed by atoms with Gasteiger partial charge in [-0.25, -0.2) is 4.98 Å². The summed E-state index contributed by atoms with van der Waals surface area (Å²) in [6.07, 6.45) is 3.16. The SMILES string of the molecule is CCOc1ccc(-n2ccnc(SCC(=O)Nc3cccc(C)c3)c2=O)cc1. The molecule has 0 aliphatic carbocycles. The molecule has 0 spiro atoms. The molecule has 0 aliphatic heterocycles. The lowest BCUT2D eigenvalue weighted by molar-refractivity contribution is -0.113. The van der Waals surface area contributed by atoms with Gasteiger partial charge in [0.15, 0.2) is 5.03 Å². The molecule has 3 aromatic rings. The predicted molar refractivity (Wildman–Crippen MR) is 112 cm³/mol. The third-order valence-corrected chi connectivity index (χ3v) is 4.84. The van der Waals surface area contributed by atoms with Crippen LogP contribution in [0.4, 0.5) is 5.69 Å². The molecule has 0 saturated heterocycles. The van der Waals surface area contributed by atoms with Crippen molar-refractivity contribution in [2.45, 2.75) is 18.9 Å². The molecule has 1 heterocycles. The van der Waals surface area contributed by atoms with Gasteiger partial charge in [-0.15, -0.1) is 0 Å². The monoisotopic (exact) mass is 395 g/mol. The van der Waals surface area contributed by atoms with E-state index in [4.69, 9.17) is 4.74 Å². The average molecular weight is 395 g/mol. The third kappa shape index (κ3) is 5.01. The Morgan fingerprint density at radius 2 is 2.00 bits per heavy atom. The number of benzene rings is 2. The minimum Gasteiger partial charge on any atom is -0.494 e. The Hall–Kier alpha value is -3.06. The van der Waals surface area contributed by atoms with Crippen LogP contribution in [0.25, 0.3) is 5.69 Å². The Bertz CT molecular complexity index is 1020. The smallest absolute Gasteiger partial charge is 0.287 e. The van der Waals surface area contributed by atoms with Gasteiger partial charge < -0.3 is 10.1 Å². The summed E-state index contributed by atoms with van der Waals surface area (Å²) in [6.45, 7) is 4.46. The van der Waals surface area contributed by atoms with Crippen LogP contribution in [0.1, 0.15) is 12.5 Å². The Morgan fingerprint density at radius 1 is 1.21 bits per heavy atom. The largest absolute Gasteiger partial charge is 0.494 e. The number of aryl methyl sites for hydroxylation is 1. The highest BCUT2D eigenvalue weighted by molar-refractivity contribution is 7.99. The number of rotatable bonds is 7. The van der Waals surface area contributed by atoms with Crippen LogP contribution in [-0.2, 0) is 4.79 Å². The summed E-state index contributed by atoms with van der Waals surface area (Å²) in [7, 11) is 0. The van der Waals surface area contributed by atoms with Crippen molar-refractivity contribution in [2.24, 2.45) is 0 Å². The molecule has 0 saturated carbocycles. The van der Waals surface area contributed by atoms with Crippen molar-refractivity contribution < 1.29 is 9.53 Å². The summed E-state index contributed by atoms with van der Waals surface area (Å²) >= 11 is 1.12. The molecule has 0 bridgehead atoms. The van der Waals surface area contributed by atoms with Crippen LogP contribution in [0.3, 0.4) is 0 Å². The molecule has 144 valence electrons. The number of nitrogens with zero attached hydrogens (tertiary/aromatic N) is 2. The summed E-state index contributed by atoms with van der Waals surface area (Å²) in [5.74, 6) is 0.660. The van der Waals surface area contributed by atoms with Gasteiger partial charge in [-0.3, -0.25) is 14.2 Å². The number of anilines is 1. The number of carbonyl (C=O) groups is 1. The zero-order valence-corrected chi connectivity index (χ0v) is 16.5. The predicted octanol–water partition coefficient (Wildman–Crippen LogP) is 3.67. The quantitative estimate of drug-likeness (QED) is 0.618. The van der Waals surface area contributed by atoms with Crippen molar-refractivity contribution in [2.75, 3.05) is 17.7 Å². The number of hydrogen-bond donors (Lipinski definition) is 1. The average Bonchev–Trinajstić information content (AvgIpc) is 2.68. The number of ether oxygens (including phenoxy) is 1. The summed E-state index contributed by atoms with van der Waals surface area (Å²) < 4.78 is 6.93. The van der Waals surface area contributed by atoms with Crippen LogP contribution in [0.2, 0.25) is 0 Å². The first-order valence-electron chi connectivity index (χ1n) is 8.87. The normalized spacial score (nSPS) is 10.5. The van der Waals surface area contributed by atoms with Crippen molar-refractivity contribution >= 4 is 23.4 Å². The number of nitrogens with one attached hydrogen (secondary N) is 1. The first-order valence-corrected chi connectivity index (χ1v) is 9.85. The first-order chi connectivity index (χ1) is 13.6. The van der Waals surface area contributed by atoms with Gasteiger partial charge in [0.2, 0.25) is 5.91 Å². The van der Waals surface area contributed by atoms with Crippen molar-refractivity contribution in [1.82, 2.24) is 9.55 Å². The molecule has 0 radical (unpaired) electrons. The third-order valence-electron chi connectivity index (χ3n) is 3.88. The van der Waals surface area contributed by atoms with Crippen LogP contribution in [-0.4, -0.2) is 27.8 Å². The zero-order chi connectivity index (χ0) is 19.9. The summed E-state index contributed by atoms with van der Waals surface area (Å²) in [6, 6.07) is 14.8. The second-order valence-electron chi connectivity index (χ2n) is 6.04. The van der Waals surface area contributed by atoms with Gasteiger partial charge in [-0.2, -0.15) is 0 Å². The summed E-state index contributed by atoms with van der Waals surface area (Å²) in [5.41, 5.74) is 2.24. The van der Waals surface area contributed by atoms with Crippen molar-refractivity contribution in [3.05, 3.63) is 76.8 Å². The number of carbonyl (C=O) groups excluding carboxylic acids is 1. The number of amides is 1. The van der Waals surface area contributed by atoms with Gasteiger partial charge >= 0.3 is 0 Å². The lowest BCUT2D eigenvalue weighted by Crippen LogP contribution is -2.22. The zero-order valence-electron chi connectivity index (χ0n) is 15.7. The van der Waals surface area contributed by atoms with Crippen molar-refractivity contribution in [3.63, 3.8) is 0 Å². The van der Waals surface area contributed by atoms with E-state index in [0.717, 1.165) is 28.8 Å². The molecule has 3 rings (SSSR count). The van der Waals surface area contributed by atoms with Crippen LogP contribution in [0.15, 0.2) is 70.7 Å². The molecule has 1 aromatic heterocycles. The second kappa shape index (κ2) is 9.23. The fourth-order valence-corrected chi connectivity index (χ4v) is 3.32. The standard InChI is InChI=1S/C21H21N3O3S/c1-3-27-18-9-7-17(8-10-18)24-12-11-22-20(21(24)26)28-14-19(25)23-16-6-4-5-15(2)13-16/h4-13H,3,14H2,1-2H3,(H,23,25). The van der Waals surface area contributed by atoms with E-state index in [9.17, 15) is 9.59 Å². The fraction of sp³-hybridized carbons (Fsp3) is 0.190. The highest BCUT2D eigenvalue weighted by atomic mass is 32.2. The van der Waals surface area contributed by atoms with Crippen LogP contribution < -0.4 is 15.6 Å². The van der Waals surface area contributed by atoms with E-state index in [1.54, 1.807) is 12.4 Å². The van der Waals surface area contributed by atoms with E-state index in [2.05, 4.69) is 10.3 Å². The molecule has 1 amide bonds. The highest BCUT2D eigenvalue weighted by Gasteiger charge is 2.10. The lowest BCUT2D eigenvalue weighted by atomic mass is 10.2. The summed E-state index contributed by atoms with van der Waals surface area (Å²) in [4.78, 5) is 29.0. The molecular weight excluding hydrogens is 374 g/mol. The Labute approximate surface area is 167 Å². The van der Waals surface area contributed by atoms with Gasteiger partial charge in [0.05, 0.1) is 12.4 Å². The highest BCUT2D eigenvalue weighted by Crippen LogP contribution is 2.16. The van der Waals surface area contributed by atoms with Gasteiger partial charge in [0, 0.05) is 23.8 Å². The van der Waals surface area contributed by atoms with E-state index >= 15 is 0 Å². The molecule has 1 N–H and O–H groups in total. The summed E-state index contributed by atoms with van der Waals surface area (Å²) in [5, 5.41) is 3.10. The number of aromatic nitrogens is 2. The van der Waals surface area contributed by atoms with Gasteiger partial charge in [-0.1, -0.05) is 23.9 Å². The molecule has 0 aliphatic rings. The van der Waals surface area contributed by atoms with E-state index in [1.807, 2.05) is 62.4 Å². The fourth-order valence-electron chi connectivity index (χ4n) is 2.62. The maximum atomic E-state index is 12.7. The topological polar surface area (TPSA) is 73.2 Å². The van der Waals surface area contributed by atoms with Gasteiger partial charge in [-0.05, 0) is 55.8 Å². The van der Waals surface area contributed by atoms with E-state index in [-0.39, 0.29) is 22.2 Å². The molecule has 0 fully saturated rings. The minimum atomic E-state index is -0.264. The van der Waals surface area contributed by atoms with Gasteiger partial charge in [0.1, 0.15) is 5.75 Å². The molecule has 2 aromatic carbocycles. The van der Waals surface area contributed by atoms with Crippen molar-refractivity contribution in [3.8, 4) is 11.4 Å². The van der Waals surface area contributed by atoms with E-state index in [1.165, 1.54) is 4.57 Å². The van der Waals surface area contributed by atoms with Crippen LogP contribution in [0.5, 0.6) is 5.75 Å². The number of thioether (sulfide) groups is 1. The second-order valence-corrected chi connectivity index (χ2v) is 7.00. The molecule has 28 heavy (non-hydrogen) atoms. The van der Waals surface area contributed by atoms with Crippen LogP contribution in [0, 0.1) is 6.92 Å². The van der Waals surface area contributed by atoms with Crippen molar-refractivity contribution in [1.29, 1.82) is 0 Å². The Morgan fingerprint density at radius 3 is 2.71 bits per heavy atom. The van der Waals surface area contributed by atoms with E-state index in [0.29, 0.717) is 12.3 Å². The Kier molecular flexibility index (Phi) is 6.49. The van der Waals surface area contributed by atoms with Crippen LogP contribution >= 0.6 is 11.8 Å². The Balaban J connectivity index is 1.69. The molecular formula is C21H21N3O3S. The molecule has 0 unspecified atom stereocenters.